The predicted octanol–water partition coefficient (Wildman–Crippen LogP) is 3.46. The topological polar surface area (TPSA) is 162 Å². The van der Waals surface area contributed by atoms with Gasteiger partial charge in [-0.15, -0.1) is 0 Å². The number of ether oxygens (including phenoxy) is 1. The van der Waals surface area contributed by atoms with Gasteiger partial charge in [-0.2, -0.15) is 0 Å². The summed E-state index contributed by atoms with van der Waals surface area (Å²) < 4.78 is 34.8. The van der Waals surface area contributed by atoms with Crippen molar-refractivity contribution in [2.75, 3.05) is 7.11 Å². The highest BCUT2D eigenvalue weighted by Gasteiger charge is 2.32. The van der Waals surface area contributed by atoms with E-state index in [2.05, 4.69) is 0 Å². The first-order chi connectivity index (χ1) is 16.2. The fraction of sp³-hybridized carbons (Fsp3) is 0.304. The summed E-state index contributed by atoms with van der Waals surface area (Å²) in [5, 5.41) is 15.8. The number of methoxy groups -OCH3 is 1. The minimum Gasteiger partial charge on any atom is -0.497 e. The number of hydrogen-bond acceptors (Lipinski definition) is 7. The van der Waals surface area contributed by atoms with Crippen LogP contribution in [-0.4, -0.2) is 42.9 Å². The highest BCUT2D eigenvalue weighted by molar-refractivity contribution is 7.89. The van der Waals surface area contributed by atoms with Gasteiger partial charge < -0.3 is 14.9 Å². The summed E-state index contributed by atoms with van der Waals surface area (Å²) in [5.41, 5.74) is 7.23. The van der Waals surface area contributed by atoms with Crippen molar-refractivity contribution >= 4 is 16.1 Å². The summed E-state index contributed by atoms with van der Waals surface area (Å²) in [7, 11) is -2.25. The molecule has 0 radical (unpaired) electrons. The van der Waals surface area contributed by atoms with Crippen LogP contribution in [0.4, 0.5) is 4.79 Å². The number of oxazole rings is 1. The van der Waals surface area contributed by atoms with E-state index in [1.54, 1.807) is 19.2 Å². The molecule has 2 aromatic carbocycles. The van der Waals surface area contributed by atoms with Crippen LogP contribution in [0.2, 0.25) is 0 Å². The molecule has 2 atom stereocenters. The van der Waals surface area contributed by atoms with Crippen LogP contribution in [0.25, 0.3) is 22.6 Å². The first-order valence-corrected chi connectivity index (χ1v) is 12.3. The molecular weight excluding hydrogens is 460 g/mol. The van der Waals surface area contributed by atoms with E-state index >= 15 is 0 Å². The molecule has 1 fully saturated rings. The van der Waals surface area contributed by atoms with E-state index in [1.807, 2.05) is 24.3 Å². The summed E-state index contributed by atoms with van der Waals surface area (Å²) >= 11 is 0. The Kier molecular flexibility index (Phi) is 6.60. The van der Waals surface area contributed by atoms with E-state index in [1.165, 1.54) is 12.1 Å². The SMILES string of the molecule is COc1ccc(-c2nc(C3CCCC(N(O)C(N)=O)C3)oc2-c2ccc(S(N)(=O)=O)cc2)cc1. The lowest BCUT2D eigenvalue weighted by molar-refractivity contribution is -0.0865. The highest BCUT2D eigenvalue weighted by atomic mass is 32.2. The van der Waals surface area contributed by atoms with Gasteiger partial charge in [0.05, 0.1) is 18.0 Å². The lowest BCUT2D eigenvalue weighted by atomic mass is 9.85. The summed E-state index contributed by atoms with van der Waals surface area (Å²) in [6, 6.07) is 12.1. The number of nitrogens with two attached hydrogens (primary N) is 2. The maximum Gasteiger partial charge on any atom is 0.338 e. The van der Waals surface area contributed by atoms with Crippen molar-refractivity contribution in [1.82, 2.24) is 10.0 Å². The Morgan fingerprint density at radius 2 is 1.76 bits per heavy atom. The van der Waals surface area contributed by atoms with Crippen LogP contribution >= 0.6 is 0 Å². The molecule has 11 heteroatoms. The van der Waals surface area contributed by atoms with Crippen LogP contribution in [0.1, 0.15) is 37.5 Å². The minimum atomic E-state index is -3.83. The van der Waals surface area contributed by atoms with Gasteiger partial charge >= 0.3 is 6.03 Å². The molecule has 0 aliphatic heterocycles. The van der Waals surface area contributed by atoms with Gasteiger partial charge in [-0.05, 0) is 67.8 Å². The van der Waals surface area contributed by atoms with Crippen molar-refractivity contribution in [3.63, 3.8) is 0 Å². The van der Waals surface area contributed by atoms with E-state index < -0.39 is 22.1 Å². The maximum atomic E-state index is 11.6. The summed E-state index contributed by atoms with van der Waals surface area (Å²) in [5.74, 6) is 1.50. The molecule has 180 valence electrons. The van der Waals surface area contributed by atoms with Gasteiger partial charge in [-0.1, -0.05) is 6.42 Å². The smallest absolute Gasteiger partial charge is 0.338 e. The second-order valence-electron chi connectivity index (χ2n) is 8.23. The van der Waals surface area contributed by atoms with Crippen molar-refractivity contribution in [2.45, 2.75) is 42.5 Å². The predicted molar refractivity (Wildman–Crippen MR) is 124 cm³/mol. The van der Waals surface area contributed by atoms with Gasteiger partial charge in [-0.25, -0.2) is 28.4 Å². The Hall–Kier alpha value is -3.41. The molecule has 10 nitrogen and oxygen atoms in total. The van der Waals surface area contributed by atoms with E-state index in [-0.39, 0.29) is 10.8 Å². The minimum absolute atomic E-state index is 0.00778. The number of primary amides is 1. The van der Waals surface area contributed by atoms with Crippen LogP contribution in [-0.2, 0) is 10.0 Å². The molecule has 4 rings (SSSR count). The zero-order chi connectivity index (χ0) is 24.5. The number of amides is 2. The van der Waals surface area contributed by atoms with Crippen molar-refractivity contribution < 1.29 is 27.6 Å². The number of primary sulfonamides is 1. The summed E-state index contributed by atoms with van der Waals surface area (Å²) in [4.78, 5) is 16.2. The number of hydroxylamine groups is 2. The largest absolute Gasteiger partial charge is 0.497 e. The zero-order valence-electron chi connectivity index (χ0n) is 18.5. The summed E-state index contributed by atoms with van der Waals surface area (Å²) in [6.45, 7) is 0. The Balaban J connectivity index is 1.74. The maximum absolute atomic E-state index is 11.6. The van der Waals surface area contributed by atoms with E-state index in [9.17, 15) is 18.4 Å². The van der Waals surface area contributed by atoms with Gasteiger partial charge in [0.25, 0.3) is 0 Å². The molecule has 34 heavy (non-hydrogen) atoms. The van der Waals surface area contributed by atoms with Gasteiger partial charge in [0, 0.05) is 17.0 Å². The van der Waals surface area contributed by atoms with Crippen molar-refractivity contribution in [2.24, 2.45) is 10.9 Å². The Bertz CT molecular complexity index is 1270. The second kappa shape index (κ2) is 9.45. The molecule has 1 saturated carbocycles. The quantitative estimate of drug-likeness (QED) is 0.355. The van der Waals surface area contributed by atoms with Gasteiger partial charge in [0.1, 0.15) is 11.4 Å². The Morgan fingerprint density at radius 3 is 2.35 bits per heavy atom. The molecule has 1 aliphatic rings. The van der Waals surface area contributed by atoms with Crippen LogP contribution in [0, 0.1) is 0 Å². The molecule has 1 heterocycles. The van der Waals surface area contributed by atoms with Gasteiger partial charge in [0.15, 0.2) is 11.7 Å². The normalized spacial score (nSPS) is 18.4. The molecule has 2 unspecified atom stereocenters. The first-order valence-electron chi connectivity index (χ1n) is 10.7. The van der Waals surface area contributed by atoms with E-state index in [4.69, 9.17) is 25.0 Å². The van der Waals surface area contributed by atoms with E-state index in [0.29, 0.717) is 46.6 Å². The average molecular weight is 487 g/mol. The molecule has 0 bridgehead atoms. The third-order valence-corrected chi connectivity index (χ3v) is 6.95. The number of hydrogen-bond donors (Lipinski definition) is 3. The molecule has 5 N–H and O–H groups in total. The molecule has 1 aromatic heterocycles. The van der Waals surface area contributed by atoms with Crippen molar-refractivity contribution in [3.8, 4) is 28.3 Å². The standard InChI is InChI=1S/C23H26N4O6S/c1-32-18-9-5-14(6-10-18)20-21(15-7-11-19(12-8-15)34(25,30)31)33-22(26-20)16-3-2-4-17(13-16)27(29)23(24)28/h5-12,16-17,29H,2-4,13H2,1H3,(H2,24,28)(H2,25,30,31). The molecular formula is C23H26N4O6S. The van der Waals surface area contributed by atoms with Crippen molar-refractivity contribution in [3.05, 3.63) is 54.4 Å². The molecule has 2 amide bonds. The molecule has 0 spiro atoms. The third-order valence-electron chi connectivity index (χ3n) is 6.02. The molecule has 0 saturated heterocycles. The lowest BCUT2D eigenvalue weighted by Crippen LogP contribution is -2.43. The second-order valence-corrected chi connectivity index (χ2v) is 9.79. The number of nitrogens with zero attached hydrogens (tertiary/aromatic N) is 2. The number of aromatic nitrogens is 1. The fourth-order valence-electron chi connectivity index (χ4n) is 4.24. The number of benzene rings is 2. The van der Waals surface area contributed by atoms with Crippen LogP contribution in [0.3, 0.4) is 0 Å². The third kappa shape index (κ3) is 4.91. The van der Waals surface area contributed by atoms with Gasteiger partial charge in [0.2, 0.25) is 10.0 Å². The number of carbonyl (C=O) groups is 1. The van der Waals surface area contributed by atoms with Crippen LogP contribution in [0.15, 0.2) is 57.8 Å². The Morgan fingerprint density at radius 1 is 1.12 bits per heavy atom. The first kappa shape index (κ1) is 23.7. The number of carbonyl (C=O) groups excluding carboxylic acids is 1. The number of rotatable bonds is 6. The number of sulfonamides is 1. The Labute approximate surface area is 197 Å². The number of urea groups is 1. The van der Waals surface area contributed by atoms with Crippen LogP contribution < -0.4 is 15.6 Å². The van der Waals surface area contributed by atoms with Gasteiger partial charge in [-0.3, -0.25) is 5.21 Å². The molecule has 1 aliphatic carbocycles. The van der Waals surface area contributed by atoms with Crippen molar-refractivity contribution in [1.29, 1.82) is 0 Å². The average Bonchev–Trinajstić information content (AvgIpc) is 3.29. The fourth-order valence-corrected chi connectivity index (χ4v) is 4.75. The highest BCUT2D eigenvalue weighted by Crippen LogP contribution is 2.40. The summed E-state index contributed by atoms with van der Waals surface area (Å²) in [6.07, 6.45) is 2.61. The zero-order valence-corrected chi connectivity index (χ0v) is 19.4. The van der Waals surface area contributed by atoms with E-state index in [0.717, 1.165) is 18.4 Å². The van der Waals surface area contributed by atoms with Crippen LogP contribution in [0.5, 0.6) is 5.75 Å². The monoisotopic (exact) mass is 486 g/mol. The molecule has 3 aromatic rings. The lowest BCUT2D eigenvalue weighted by Gasteiger charge is -2.31.